The normalized spacial score (nSPS) is 21.2. The molecule has 0 bridgehead atoms. The molecule has 0 amide bonds. The number of aryl methyl sites for hydroxylation is 1. The Morgan fingerprint density at radius 2 is 2.03 bits per heavy atom. The summed E-state index contributed by atoms with van der Waals surface area (Å²) >= 11 is 0. The molecule has 12 heteroatoms. The lowest BCUT2D eigenvalue weighted by molar-refractivity contribution is 0.0500. The van der Waals surface area contributed by atoms with Crippen LogP contribution in [0.15, 0.2) is 29.7 Å². The summed E-state index contributed by atoms with van der Waals surface area (Å²) < 4.78 is 31.7. The maximum absolute atomic E-state index is 14.9. The van der Waals surface area contributed by atoms with Gasteiger partial charge in [0.1, 0.15) is 5.82 Å². The number of piperidine rings is 1. The van der Waals surface area contributed by atoms with Crippen molar-refractivity contribution in [3.63, 3.8) is 0 Å². The number of aromatic nitrogens is 6. The van der Waals surface area contributed by atoms with E-state index in [1.165, 1.54) is 31.7 Å². The van der Waals surface area contributed by atoms with E-state index < -0.39 is 17.3 Å². The highest BCUT2D eigenvalue weighted by Crippen LogP contribution is 2.38. The van der Waals surface area contributed by atoms with E-state index in [0.29, 0.717) is 11.6 Å². The SMILES string of the molecule is C=Cc1cc(F)c(Nc2ncc(F)c(N[C@@H]3C[C@@H]4CCCN4C(C)(C)C3)n2)cc1-n1nnn(C)c1=O. The van der Waals surface area contributed by atoms with Gasteiger partial charge in [0.25, 0.3) is 0 Å². The lowest BCUT2D eigenvalue weighted by Gasteiger charge is -2.47. The number of halogens is 2. The molecule has 5 rings (SSSR count). The van der Waals surface area contributed by atoms with Crippen LogP contribution in [0, 0.1) is 11.6 Å². The highest BCUT2D eigenvalue weighted by molar-refractivity contribution is 5.67. The first kappa shape index (κ1) is 24.0. The van der Waals surface area contributed by atoms with Crippen molar-refractivity contribution in [2.75, 3.05) is 17.2 Å². The van der Waals surface area contributed by atoms with Crippen molar-refractivity contribution in [2.24, 2.45) is 7.05 Å². The van der Waals surface area contributed by atoms with Crippen LogP contribution in [-0.4, -0.2) is 58.8 Å². The van der Waals surface area contributed by atoms with Crippen LogP contribution in [0.5, 0.6) is 0 Å². The van der Waals surface area contributed by atoms with Gasteiger partial charge < -0.3 is 10.6 Å². The summed E-state index contributed by atoms with van der Waals surface area (Å²) in [5.74, 6) is -1.13. The lowest BCUT2D eigenvalue weighted by atomic mass is 9.84. The van der Waals surface area contributed by atoms with Crippen molar-refractivity contribution in [1.29, 1.82) is 0 Å². The number of nitrogens with zero attached hydrogens (tertiary/aromatic N) is 7. The molecule has 2 N–H and O–H groups in total. The van der Waals surface area contributed by atoms with Crippen molar-refractivity contribution in [3.8, 4) is 5.69 Å². The number of hydrogen-bond acceptors (Lipinski definition) is 8. The van der Waals surface area contributed by atoms with Crippen molar-refractivity contribution in [2.45, 2.75) is 57.2 Å². The van der Waals surface area contributed by atoms with Gasteiger partial charge in [-0.1, -0.05) is 12.7 Å². The predicted octanol–water partition coefficient (Wildman–Crippen LogP) is 3.24. The molecule has 3 aromatic rings. The first-order valence-electron chi connectivity index (χ1n) is 11.9. The summed E-state index contributed by atoms with van der Waals surface area (Å²) in [6, 6.07) is 3.12. The molecule has 2 aliphatic rings. The second kappa shape index (κ2) is 9.08. The molecule has 190 valence electrons. The molecule has 1 aromatic carbocycles. The zero-order valence-corrected chi connectivity index (χ0v) is 20.5. The van der Waals surface area contributed by atoms with Gasteiger partial charge in [0.15, 0.2) is 11.6 Å². The Balaban J connectivity index is 1.41. The van der Waals surface area contributed by atoms with Gasteiger partial charge in [0.2, 0.25) is 5.95 Å². The number of fused-ring (bicyclic) bond motifs is 1. The smallest absolute Gasteiger partial charge is 0.365 e. The Morgan fingerprint density at radius 3 is 2.75 bits per heavy atom. The van der Waals surface area contributed by atoms with Gasteiger partial charge in [0, 0.05) is 30.2 Å². The standard InChI is InChI=1S/C24H29F2N9O/c1-5-14-9-17(25)19(11-20(14)35-23(36)33(4)31-32-35)29-22-27-13-18(26)21(30-22)28-15-10-16-7-6-8-34(16)24(2,3)12-15/h5,9,11,13,15-16H,1,6-8,10,12H2,2-4H3,(H2,27,28,29,30)/t15-,16+/m1/s1. The van der Waals surface area contributed by atoms with Gasteiger partial charge >= 0.3 is 5.69 Å². The van der Waals surface area contributed by atoms with Crippen molar-refractivity contribution in [1.82, 2.24) is 34.7 Å². The summed E-state index contributed by atoms with van der Waals surface area (Å²) in [4.78, 5) is 23.2. The zero-order chi connectivity index (χ0) is 25.6. The average Bonchev–Trinajstić information content (AvgIpc) is 3.44. The minimum absolute atomic E-state index is 0.00646. The fourth-order valence-electron chi connectivity index (χ4n) is 5.45. The molecular weight excluding hydrogens is 468 g/mol. The van der Waals surface area contributed by atoms with E-state index in [9.17, 15) is 13.6 Å². The summed E-state index contributed by atoms with van der Waals surface area (Å²) in [5, 5.41) is 13.6. The Kier molecular flexibility index (Phi) is 6.07. The van der Waals surface area contributed by atoms with Crippen LogP contribution >= 0.6 is 0 Å². The minimum atomic E-state index is -0.622. The largest absolute Gasteiger partial charge is 0.368 e. The molecule has 0 aliphatic carbocycles. The van der Waals surface area contributed by atoms with E-state index in [-0.39, 0.29) is 34.7 Å². The monoisotopic (exact) mass is 497 g/mol. The van der Waals surface area contributed by atoms with Gasteiger partial charge in [-0.3, -0.25) is 4.90 Å². The molecule has 4 heterocycles. The second-order valence-corrected chi connectivity index (χ2v) is 9.99. The molecule has 2 atom stereocenters. The van der Waals surface area contributed by atoms with E-state index >= 15 is 0 Å². The molecule has 10 nitrogen and oxygen atoms in total. The van der Waals surface area contributed by atoms with Crippen molar-refractivity contribution in [3.05, 3.63) is 52.6 Å². The van der Waals surface area contributed by atoms with E-state index in [1.807, 2.05) is 0 Å². The maximum atomic E-state index is 14.9. The van der Waals surface area contributed by atoms with E-state index in [2.05, 4.69) is 56.4 Å². The van der Waals surface area contributed by atoms with Crippen molar-refractivity contribution < 1.29 is 8.78 Å². The molecule has 0 saturated carbocycles. The Labute approximate surface area is 207 Å². The van der Waals surface area contributed by atoms with Gasteiger partial charge in [-0.25, -0.2) is 18.6 Å². The van der Waals surface area contributed by atoms with Crippen LogP contribution in [0.1, 0.15) is 45.1 Å². The molecule has 2 aromatic heterocycles. The van der Waals surface area contributed by atoms with Crippen LogP contribution < -0.4 is 16.3 Å². The number of anilines is 3. The Bertz CT molecular complexity index is 1370. The zero-order valence-electron chi connectivity index (χ0n) is 20.5. The Morgan fingerprint density at radius 1 is 1.22 bits per heavy atom. The molecule has 2 fully saturated rings. The number of benzene rings is 1. The van der Waals surface area contributed by atoms with Gasteiger partial charge in [0.05, 0.1) is 17.6 Å². The highest BCUT2D eigenvalue weighted by atomic mass is 19.1. The van der Waals surface area contributed by atoms with Crippen LogP contribution in [0.2, 0.25) is 0 Å². The molecule has 0 unspecified atom stereocenters. The number of tetrazole rings is 1. The molecular formula is C24H29F2N9O. The molecule has 0 spiro atoms. The molecule has 36 heavy (non-hydrogen) atoms. The van der Waals surface area contributed by atoms with E-state index in [0.717, 1.165) is 41.4 Å². The fourth-order valence-corrected chi connectivity index (χ4v) is 5.45. The summed E-state index contributed by atoms with van der Waals surface area (Å²) in [7, 11) is 1.46. The van der Waals surface area contributed by atoms with Crippen LogP contribution in [0.25, 0.3) is 11.8 Å². The first-order valence-corrected chi connectivity index (χ1v) is 11.9. The first-order chi connectivity index (χ1) is 17.2. The topological polar surface area (TPSA) is 106 Å². The number of hydrogen-bond donors (Lipinski definition) is 2. The maximum Gasteiger partial charge on any atom is 0.368 e. The molecule has 2 aliphatic heterocycles. The molecule has 2 saturated heterocycles. The van der Waals surface area contributed by atoms with E-state index in [4.69, 9.17) is 0 Å². The van der Waals surface area contributed by atoms with Crippen LogP contribution in [0.3, 0.4) is 0 Å². The minimum Gasteiger partial charge on any atom is -0.365 e. The summed E-state index contributed by atoms with van der Waals surface area (Å²) in [6.45, 7) is 9.22. The molecule has 0 radical (unpaired) electrons. The predicted molar refractivity (Wildman–Crippen MR) is 132 cm³/mol. The van der Waals surface area contributed by atoms with Gasteiger partial charge in [-0.15, -0.1) is 0 Å². The fraction of sp³-hybridized carbons (Fsp3) is 0.458. The lowest BCUT2D eigenvalue weighted by Crippen LogP contribution is -2.55. The highest BCUT2D eigenvalue weighted by Gasteiger charge is 2.43. The summed E-state index contributed by atoms with van der Waals surface area (Å²) in [5.41, 5.74) is 0.122. The summed E-state index contributed by atoms with van der Waals surface area (Å²) in [6.07, 6.45) is 6.54. The third kappa shape index (κ3) is 4.36. The van der Waals surface area contributed by atoms with Crippen LogP contribution in [0.4, 0.5) is 26.2 Å². The van der Waals surface area contributed by atoms with Crippen LogP contribution in [-0.2, 0) is 7.05 Å². The van der Waals surface area contributed by atoms with Gasteiger partial charge in [-0.2, -0.15) is 14.3 Å². The third-order valence-corrected chi connectivity index (χ3v) is 7.07. The second-order valence-electron chi connectivity index (χ2n) is 9.99. The van der Waals surface area contributed by atoms with Crippen molar-refractivity contribution >= 4 is 23.5 Å². The van der Waals surface area contributed by atoms with E-state index in [1.54, 1.807) is 0 Å². The number of rotatable bonds is 6. The average molecular weight is 498 g/mol. The number of nitrogens with one attached hydrogen (secondary N) is 2. The quantitative estimate of drug-likeness (QED) is 0.535. The Hall–Kier alpha value is -3.67. The third-order valence-electron chi connectivity index (χ3n) is 7.07. The van der Waals surface area contributed by atoms with Gasteiger partial charge in [-0.05, 0) is 68.6 Å².